The van der Waals surface area contributed by atoms with E-state index >= 15 is 0 Å². The van der Waals surface area contributed by atoms with Gasteiger partial charge in [0.1, 0.15) is 0 Å². The van der Waals surface area contributed by atoms with Gasteiger partial charge in [-0.05, 0) is 30.9 Å². The number of nitrogens with zero attached hydrogens (tertiary/aromatic N) is 2. The lowest BCUT2D eigenvalue weighted by atomic mass is 10.0. The molecule has 0 fully saturated rings. The van der Waals surface area contributed by atoms with Crippen LogP contribution in [0.1, 0.15) is 25.8 Å². The maximum Gasteiger partial charge on any atom is 0.196 e. The zero-order chi connectivity index (χ0) is 12.4. The fourth-order valence-corrected chi connectivity index (χ4v) is 2.42. The van der Waals surface area contributed by atoms with Gasteiger partial charge in [0.25, 0.3) is 0 Å². The van der Waals surface area contributed by atoms with Crippen LogP contribution in [-0.2, 0) is 0 Å². The van der Waals surface area contributed by atoms with Crippen LogP contribution in [0.15, 0.2) is 29.3 Å². The maximum absolute atomic E-state index is 6.02. The minimum atomic E-state index is 0.413. The van der Waals surface area contributed by atoms with Crippen LogP contribution < -0.4 is 10.6 Å². The van der Waals surface area contributed by atoms with Crippen LogP contribution in [0.3, 0.4) is 0 Å². The number of anilines is 1. The number of guanidine groups is 1. The Balaban J connectivity index is 2.28. The minimum absolute atomic E-state index is 0.413. The molecule has 1 heterocycles. The minimum Gasteiger partial charge on any atom is -0.370 e. The molecule has 1 aliphatic rings. The van der Waals surface area contributed by atoms with Crippen molar-refractivity contribution in [2.75, 3.05) is 11.4 Å². The highest BCUT2D eigenvalue weighted by molar-refractivity contribution is 5.97. The van der Waals surface area contributed by atoms with Crippen molar-refractivity contribution in [3.05, 3.63) is 29.8 Å². The second-order valence-electron chi connectivity index (χ2n) is 5.14. The maximum atomic E-state index is 6.02. The molecular formula is C14H21N3. The third-order valence-electron chi connectivity index (χ3n) is 3.19. The van der Waals surface area contributed by atoms with Crippen LogP contribution in [0.2, 0.25) is 0 Å². The Morgan fingerprint density at radius 1 is 1.41 bits per heavy atom. The molecule has 0 bridgehead atoms. The highest BCUT2D eigenvalue weighted by Crippen LogP contribution is 2.27. The van der Waals surface area contributed by atoms with Crippen LogP contribution in [0.25, 0.3) is 0 Å². The summed E-state index contributed by atoms with van der Waals surface area (Å²) in [5.74, 6) is 1.32. The average molecular weight is 231 g/mol. The molecule has 17 heavy (non-hydrogen) atoms. The van der Waals surface area contributed by atoms with Crippen LogP contribution >= 0.6 is 0 Å². The first-order valence-electron chi connectivity index (χ1n) is 6.24. The van der Waals surface area contributed by atoms with Gasteiger partial charge in [-0.3, -0.25) is 4.99 Å². The smallest absolute Gasteiger partial charge is 0.196 e. The molecule has 3 heteroatoms. The number of nitrogens with two attached hydrogens (primary N) is 1. The molecule has 0 aliphatic carbocycles. The Bertz CT molecular complexity index is 423. The Hall–Kier alpha value is -1.51. The summed E-state index contributed by atoms with van der Waals surface area (Å²) < 4.78 is 0. The predicted octanol–water partition coefficient (Wildman–Crippen LogP) is 2.54. The molecule has 0 spiro atoms. The molecule has 1 aromatic carbocycles. The molecule has 0 radical (unpaired) electrons. The van der Waals surface area contributed by atoms with E-state index in [1.807, 2.05) is 0 Å². The van der Waals surface area contributed by atoms with Crippen molar-refractivity contribution in [1.82, 2.24) is 0 Å². The Kier molecular flexibility index (Phi) is 3.36. The second kappa shape index (κ2) is 4.78. The largest absolute Gasteiger partial charge is 0.370 e. The van der Waals surface area contributed by atoms with Gasteiger partial charge in [0, 0.05) is 5.69 Å². The summed E-state index contributed by atoms with van der Waals surface area (Å²) in [6.07, 6.45) is 1.12. The van der Waals surface area contributed by atoms with E-state index in [9.17, 15) is 0 Å². The first kappa shape index (κ1) is 12.0. The van der Waals surface area contributed by atoms with Crippen LogP contribution in [0.4, 0.5) is 5.69 Å². The first-order valence-corrected chi connectivity index (χ1v) is 6.24. The SMILES string of the molecule is Cc1ccccc1N1C(N)=NCC1CC(C)C. The molecule has 0 saturated carbocycles. The van der Waals surface area contributed by atoms with Crippen molar-refractivity contribution in [3.8, 4) is 0 Å². The number of aryl methyl sites for hydroxylation is 1. The third kappa shape index (κ3) is 2.43. The molecule has 1 aliphatic heterocycles. The molecule has 1 unspecified atom stereocenters. The zero-order valence-corrected chi connectivity index (χ0v) is 10.9. The molecule has 2 rings (SSSR count). The monoisotopic (exact) mass is 231 g/mol. The average Bonchev–Trinajstić information content (AvgIpc) is 2.60. The summed E-state index contributed by atoms with van der Waals surface area (Å²) in [6.45, 7) is 7.42. The van der Waals surface area contributed by atoms with Crippen molar-refractivity contribution in [2.24, 2.45) is 16.6 Å². The Morgan fingerprint density at radius 2 is 2.12 bits per heavy atom. The fourth-order valence-electron chi connectivity index (χ4n) is 2.42. The number of aliphatic imine (C=N–C) groups is 1. The highest BCUT2D eigenvalue weighted by Gasteiger charge is 2.28. The van der Waals surface area contributed by atoms with E-state index < -0.39 is 0 Å². The van der Waals surface area contributed by atoms with Gasteiger partial charge >= 0.3 is 0 Å². The van der Waals surface area contributed by atoms with E-state index in [2.05, 4.69) is 54.9 Å². The van der Waals surface area contributed by atoms with E-state index in [4.69, 9.17) is 5.73 Å². The number of benzene rings is 1. The lowest BCUT2D eigenvalue weighted by Gasteiger charge is -2.28. The molecule has 92 valence electrons. The summed E-state index contributed by atoms with van der Waals surface area (Å²) in [4.78, 5) is 6.58. The van der Waals surface area contributed by atoms with E-state index in [-0.39, 0.29) is 0 Å². The number of para-hydroxylation sites is 1. The van der Waals surface area contributed by atoms with Crippen molar-refractivity contribution < 1.29 is 0 Å². The molecule has 2 N–H and O–H groups in total. The van der Waals surface area contributed by atoms with E-state index in [1.54, 1.807) is 0 Å². The van der Waals surface area contributed by atoms with E-state index in [1.165, 1.54) is 11.3 Å². The van der Waals surface area contributed by atoms with E-state index in [0.29, 0.717) is 17.9 Å². The third-order valence-corrected chi connectivity index (χ3v) is 3.19. The number of hydrogen-bond acceptors (Lipinski definition) is 3. The van der Waals surface area contributed by atoms with Crippen molar-refractivity contribution >= 4 is 11.6 Å². The van der Waals surface area contributed by atoms with Crippen LogP contribution in [-0.4, -0.2) is 18.5 Å². The molecule has 1 aromatic rings. The van der Waals surface area contributed by atoms with Gasteiger partial charge in [0.05, 0.1) is 12.6 Å². The predicted molar refractivity (Wildman–Crippen MR) is 73.4 cm³/mol. The summed E-state index contributed by atoms with van der Waals surface area (Å²) in [5.41, 5.74) is 8.46. The quantitative estimate of drug-likeness (QED) is 0.868. The van der Waals surface area contributed by atoms with Gasteiger partial charge in [-0.25, -0.2) is 0 Å². The summed E-state index contributed by atoms with van der Waals surface area (Å²) in [6, 6.07) is 8.76. The van der Waals surface area contributed by atoms with Crippen molar-refractivity contribution in [1.29, 1.82) is 0 Å². The number of hydrogen-bond donors (Lipinski definition) is 1. The molecule has 0 amide bonds. The summed E-state index contributed by atoms with van der Waals surface area (Å²) in [5, 5.41) is 0. The Labute approximate surface area is 103 Å². The van der Waals surface area contributed by atoms with Crippen LogP contribution in [0, 0.1) is 12.8 Å². The highest BCUT2D eigenvalue weighted by atomic mass is 15.3. The Morgan fingerprint density at radius 3 is 2.76 bits per heavy atom. The lowest BCUT2D eigenvalue weighted by molar-refractivity contribution is 0.512. The number of rotatable bonds is 3. The molecule has 0 aromatic heterocycles. The topological polar surface area (TPSA) is 41.6 Å². The lowest BCUT2D eigenvalue weighted by Crippen LogP contribution is -2.41. The zero-order valence-electron chi connectivity index (χ0n) is 10.9. The van der Waals surface area contributed by atoms with Gasteiger partial charge in [-0.1, -0.05) is 32.0 Å². The molecule has 3 nitrogen and oxygen atoms in total. The summed E-state index contributed by atoms with van der Waals surface area (Å²) in [7, 11) is 0. The summed E-state index contributed by atoms with van der Waals surface area (Å²) >= 11 is 0. The molecule has 0 saturated heterocycles. The second-order valence-corrected chi connectivity index (χ2v) is 5.14. The standard InChI is InChI=1S/C14H21N3/c1-10(2)8-12-9-16-14(15)17(12)13-7-5-4-6-11(13)3/h4-7,10,12H,8-9H2,1-3H3,(H2,15,16). The van der Waals surface area contributed by atoms with Gasteiger partial charge < -0.3 is 10.6 Å². The molecular weight excluding hydrogens is 210 g/mol. The van der Waals surface area contributed by atoms with E-state index in [0.717, 1.165) is 13.0 Å². The van der Waals surface area contributed by atoms with Gasteiger partial charge in [-0.15, -0.1) is 0 Å². The van der Waals surface area contributed by atoms with Gasteiger partial charge in [-0.2, -0.15) is 0 Å². The van der Waals surface area contributed by atoms with Crippen molar-refractivity contribution in [2.45, 2.75) is 33.2 Å². The molecule has 1 atom stereocenters. The first-order chi connectivity index (χ1) is 8.09. The van der Waals surface area contributed by atoms with Gasteiger partial charge in [0.15, 0.2) is 5.96 Å². The van der Waals surface area contributed by atoms with Crippen molar-refractivity contribution in [3.63, 3.8) is 0 Å². The fraction of sp³-hybridized carbons (Fsp3) is 0.500. The van der Waals surface area contributed by atoms with Crippen LogP contribution in [0.5, 0.6) is 0 Å². The normalized spacial score (nSPS) is 19.9. The van der Waals surface area contributed by atoms with Gasteiger partial charge in [0.2, 0.25) is 0 Å².